The molecule has 0 aliphatic carbocycles. The maximum absolute atomic E-state index is 11.6. The Hall–Kier alpha value is -1.10. The Labute approximate surface area is 102 Å². The molecule has 5 nitrogen and oxygen atoms in total. The minimum atomic E-state index is -0.983. The topological polar surface area (TPSA) is 75.6 Å². The second kappa shape index (κ2) is 7.27. The van der Waals surface area contributed by atoms with Crippen LogP contribution in [0.25, 0.3) is 0 Å². The van der Waals surface area contributed by atoms with E-state index in [2.05, 4.69) is 12.2 Å². The molecule has 0 aromatic carbocycles. The van der Waals surface area contributed by atoms with Crippen molar-refractivity contribution in [2.45, 2.75) is 57.7 Å². The largest absolute Gasteiger partial charge is 0.479 e. The summed E-state index contributed by atoms with van der Waals surface area (Å²) in [4.78, 5) is 22.3. The summed E-state index contributed by atoms with van der Waals surface area (Å²) in [5.74, 6) is -1.16. The predicted molar refractivity (Wildman–Crippen MR) is 62.7 cm³/mol. The van der Waals surface area contributed by atoms with E-state index < -0.39 is 18.2 Å². The van der Waals surface area contributed by atoms with Gasteiger partial charge in [-0.05, 0) is 19.3 Å². The van der Waals surface area contributed by atoms with Gasteiger partial charge in [0.05, 0.1) is 0 Å². The molecule has 2 atom stereocenters. The van der Waals surface area contributed by atoms with Gasteiger partial charge in [0, 0.05) is 6.54 Å². The SMILES string of the molecule is CCCCCCNC(=O)[C@@H]1CC[C@H](C(=O)O)O1. The van der Waals surface area contributed by atoms with Crippen LogP contribution in [0.2, 0.25) is 0 Å². The van der Waals surface area contributed by atoms with Crippen molar-refractivity contribution in [3.8, 4) is 0 Å². The summed E-state index contributed by atoms with van der Waals surface area (Å²) in [6.45, 7) is 2.79. The van der Waals surface area contributed by atoms with E-state index in [1.165, 1.54) is 12.8 Å². The summed E-state index contributed by atoms with van der Waals surface area (Å²) < 4.78 is 5.15. The quantitative estimate of drug-likeness (QED) is 0.661. The first-order chi connectivity index (χ1) is 8.15. The van der Waals surface area contributed by atoms with Crippen molar-refractivity contribution in [1.82, 2.24) is 5.32 Å². The number of carboxylic acids is 1. The molecular formula is C12H21NO4. The number of amides is 1. The number of carbonyl (C=O) groups is 2. The molecule has 0 aromatic rings. The molecule has 0 saturated carbocycles. The molecule has 1 aliphatic heterocycles. The van der Waals surface area contributed by atoms with Gasteiger partial charge < -0.3 is 15.2 Å². The Balaban J connectivity index is 2.14. The van der Waals surface area contributed by atoms with Gasteiger partial charge in [-0.3, -0.25) is 4.79 Å². The maximum Gasteiger partial charge on any atom is 0.332 e. The van der Waals surface area contributed by atoms with E-state index >= 15 is 0 Å². The van der Waals surface area contributed by atoms with Crippen molar-refractivity contribution in [1.29, 1.82) is 0 Å². The summed E-state index contributed by atoms with van der Waals surface area (Å²) >= 11 is 0. The Bertz CT molecular complexity index is 267. The van der Waals surface area contributed by atoms with E-state index in [-0.39, 0.29) is 5.91 Å². The molecule has 1 saturated heterocycles. The lowest BCUT2D eigenvalue weighted by Gasteiger charge is -2.11. The average molecular weight is 243 g/mol. The molecule has 0 aromatic heterocycles. The third-order valence-corrected chi connectivity index (χ3v) is 2.92. The monoisotopic (exact) mass is 243 g/mol. The van der Waals surface area contributed by atoms with Crippen LogP contribution in [0.3, 0.4) is 0 Å². The number of hydrogen-bond donors (Lipinski definition) is 2. The fraction of sp³-hybridized carbons (Fsp3) is 0.833. The molecule has 1 fully saturated rings. The van der Waals surface area contributed by atoms with Crippen LogP contribution in [0.15, 0.2) is 0 Å². The highest BCUT2D eigenvalue weighted by Crippen LogP contribution is 2.19. The summed E-state index contributed by atoms with van der Waals surface area (Å²) in [5.41, 5.74) is 0. The molecular weight excluding hydrogens is 222 g/mol. The summed E-state index contributed by atoms with van der Waals surface area (Å²) in [7, 11) is 0. The van der Waals surface area contributed by atoms with E-state index in [0.717, 1.165) is 12.8 Å². The predicted octanol–water partition coefficient (Wildman–Crippen LogP) is 1.32. The Kier molecular flexibility index (Phi) is 5.97. The highest BCUT2D eigenvalue weighted by atomic mass is 16.5. The third-order valence-electron chi connectivity index (χ3n) is 2.92. The van der Waals surface area contributed by atoms with Crippen LogP contribution in [0, 0.1) is 0 Å². The molecule has 0 radical (unpaired) electrons. The molecule has 0 bridgehead atoms. The van der Waals surface area contributed by atoms with Crippen molar-refractivity contribution < 1.29 is 19.4 Å². The van der Waals surface area contributed by atoms with E-state index in [9.17, 15) is 9.59 Å². The zero-order valence-corrected chi connectivity index (χ0v) is 10.3. The summed E-state index contributed by atoms with van der Waals surface area (Å²) in [6.07, 6.45) is 3.94. The van der Waals surface area contributed by atoms with Gasteiger partial charge in [-0.1, -0.05) is 26.2 Å². The molecule has 0 spiro atoms. The number of ether oxygens (including phenoxy) is 1. The van der Waals surface area contributed by atoms with Gasteiger partial charge in [-0.25, -0.2) is 4.79 Å². The van der Waals surface area contributed by atoms with Gasteiger partial charge in [-0.2, -0.15) is 0 Å². The van der Waals surface area contributed by atoms with E-state index in [0.29, 0.717) is 19.4 Å². The molecule has 98 valence electrons. The number of carboxylic acid groups (broad SMARTS) is 1. The van der Waals surface area contributed by atoms with Crippen LogP contribution in [0.4, 0.5) is 0 Å². The minimum Gasteiger partial charge on any atom is -0.479 e. The van der Waals surface area contributed by atoms with Crippen LogP contribution in [-0.2, 0) is 14.3 Å². The minimum absolute atomic E-state index is 0.176. The normalized spacial score (nSPS) is 23.6. The molecule has 1 aliphatic rings. The summed E-state index contributed by atoms with van der Waals surface area (Å²) in [6, 6.07) is 0. The Morgan fingerprint density at radius 2 is 1.94 bits per heavy atom. The van der Waals surface area contributed by atoms with Gasteiger partial charge in [0.1, 0.15) is 6.10 Å². The first kappa shape index (κ1) is 14.0. The second-order valence-corrected chi connectivity index (χ2v) is 4.38. The van der Waals surface area contributed by atoms with Crippen molar-refractivity contribution in [2.24, 2.45) is 0 Å². The van der Waals surface area contributed by atoms with Crippen molar-refractivity contribution >= 4 is 11.9 Å². The molecule has 1 rings (SSSR count). The van der Waals surface area contributed by atoms with E-state index in [1.807, 2.05) is 0 Å². The molecule has 0 unspecified atom stereocenters. The van der Waals surface area contributed by atoms with Crippen LogP contribution < -0.4 is 5.32 Å². The third kappa shape index (κ3) is 4.73. The van der Waals surface area contributed by atoms with Crippen molar-refractivity contribution in [3.05, 3.63) is 0 Å². The van der Waals surface area contributed by atoms with Crippen molar-refractivity contribution in [3.63, 3.8) is 0 Å². The van der Waals surface area contributed by atoms with Gasteiger partial charge in [0.15, 0.2) is 6.10 Å². The zero-order valence-electron chi connectivity index (χ0n) is 10.3. The molecule has 1 heterocycles. The second-order valence-electron chi connectivity index (χ2n) is 4.38. The Morgan fingerprint density at radius 3 is 2.53 bits per heavy atom. The molecule has 5 heteroatoms. The van der Waals surface area contributed by atoms with Crippen LogP contribution in [-0.4, -0.2) is 35.7 Å². The molecule has 1 amide bonds. The summed E-state index contributed by atoms with van der Waals surface area (Å²) in [5, 5.41) is 11.5. The first-order valence-electron chi connectivity index (χ1n) is 6.31. The maximum atomic E-state index is 11.6. The zero-order chi connectivity index (χ0) is 12.7. The number of unbranched alkanes of at least 4 members (excludes halogenated alkanes) is 3. The fourth-order valence-electron chi connectivity index (χ4n) is 1.89. The van der Waals surface area contributed by atoms with Gasteiger partial charge in [0.2, 0.25) is 5.91 Å². The first-order valence-corrected chi connectivity index (χ1v) is 6.31. The smallest absolute Gasteiger partial charge is 0.332 e. The van der Waals surface area contributed by atoms with Gasteiger partial charge in [0.25, 0.3) is 0 Å². The number of carbonyl (C=O) groups excluding carboxylic acids is 1. The van der Waals surface area contributed by atoms with Crippen LogP contribution in [0.1, 0.15) is 45.4 Å². The lowest BCUT2D eigenvalue weighted by molar-refractivity contribution is -0.151. The molecule has 2 N–H and O–H groups in total. The van der Waals surface area contributed by atoms with E-state index in [4.69, 9.17) is 9.84 Å². The highest BCUT2D eigenvalue weighted by molar-refractivity contribution is 5.82. The lowest BCUT2D eigenvalue weighted by atomic mass is 10.2. The highest BCUT2D eigenvalue weighted by Gasteiger charge is 2.34. The van der Waals surface area contributed by atoms with Crippen LogP contribution in [0.5, 0.6) is 0 Å². The number of hydrogen-bond acceptors (Lipinski definition) is 3. The number of rotatable bonds is 7. The number of aliphatic carboxylic acids is 1. The lowest BCUT2D eigenvalue weighted by Crippen LogP contribution is -2.36. The standard InChI is InChI=1S/C12H21NO4/c1-2-3-4-5-8-13-11(14)9-6-7-10(17-9)12(15)16/h9-10H,2-8H2,1H3,(H,13,14)(H,15,16)/t9-,10+/m0/s1. The van der Waals surface area contributed by atoms with Gasteiger partial charge >= 0.3 is 5.97 Å². The fourth-order valence-corrected chi connectivity index (χ4v) is 1.89. The van der Waals surface area contributed by atoms with Crippen LogP contribution >= 0.6 is 0 Å². The molecule has 17 heavy (non-hydrogen) atoms. The van der Waals surface area contributed by atoms with Crippen molar-refractivity contribution in [2.75, 3.05) is 6.54 Å². The number of nitrogens with one attached hydrogen (secondary N) is 1. The van der Waals surface area contributed by atoms with Gasteiger partial charge in [-0.15, -0.1) is 0 Å². The average Bonchev–Trinajstić information content (AvgIpc) is 2.78. The Morgan fingerprint density at radius 1 is 1.24 bits per heavy atom. The van der Waals surface area contributed by atoms with E-state index in [1.54, 1.807) is 0 Å².